The van der Waals surface area contributed by atoms with E-state index in [9.17, 15) is 14.4 Å². The summed E-state index contributed by atoms with van der Waals surface area (Å²) in [4.78, 5) is 41.3. The summed E-state index contributed by atoms with van der Waals surface area (Å²) < 4.78 is 0. The lowest BCUT2D eigenvalue weighted by Gasteiger charge is -2.32. The lowest BCUT2D eigenvalue weighted by atomic mass is 9.96. The van der Waals surface area contributed by atoms with Gasteiger partial charge in [0.25, 0.3) is 5.91 Å². The SMILES string of the molecule is Cc1cc(C)cc(C(=O)N2CCCC(C(=O)Nc3ccc(N4CCCC4=O)cc3)C2)c1. The van der Waals surface area contributed by atoms with E-state index in [-0.39, 0.29) is 23.6 Å². The van der Waals surface area contributed by atoms with Crippen LogP contribution in [0.1, 0.15) is 47.2 Å². The molecular formula is C25H29N3O3. The molecule has 3 amide bonds. The topological polar surface area (TPSA) is 69.7 Å². The normalized spacial score (nSPS) is 18.9. The van der Waals surface area contributed by atoms with Gasteiger partial charge < -0.3 is 15.1 Å². The molecule has 2 aliphatic rings. The van der Waals surface area contributed by atoms with Crippen molar-refractivity contribution >= 4 is 29.1 Å². The number of piperidine rings is 1. The van der Waals surface area contributed by atoms with Crippen LogP contribution in [-0.2, 0) is 9.59 Å². The van der Waals surface area contributed by atoms with Crippen molar-refractivity contribution in [1.29, 1.82) is 0 Å². The number of carbonyl (C=O) groups is 3. The maximum absolute atomic E-state index is 13.0. The van der Waals surface area contributed by atoms with Crippen LogP contribution < -0.4 is 10.2 Å². The number of hydrogen-bond donors (Lipinski definition) is 1. The van der Waals surface area contributed by atoms with Crippen molar-refractivity contribution in [2.45, 2.75) is 39.5 Å². The summed E-state index contributed by atoms with van der Waals surface area (Å²) in [7, 11) is 0. The monoisotopic (exact) mass is 419 g/mol. The van der Waals surface area contributed by atoms with Gasteiger partial charge in [-0.2, -0.15) is 0 Å². The van der Waals surface area contributed by atoms with Gasteiger partial charge in [-0.3, -0.25) is 14.4 Å². The summed E-state index contributed by atoms with van der Waals surface area (Å²) in [6.45, 7) is 5.82. The Labute approximate surface area is 183 Å². The zero-order valence-electron chi connectivity index (χ0n) is 18.2. The molecule has 31 heavy (non-hydrogen) atoms. The van der Waals surface area contributed by atoms with E-state index < -0.39 is 0 Å². The lowest BCUT2D eigenvalue weighted by Crippen LogP contribution is -2.43. The molecule has 0 saturated carbocycles. The Kier molecular flexibility index (Phi) is 6.07. The molecule has 2 heterocycles. The van der Waals surface area contributed by atoms with Gasteiger partial charge in [-0.05, 0) is 69.5 Å². The molecule has 6 heteroatoms. The zero-order valence-corrected chi connectivity index (χ0v) is 18.2. The number of nitrogens with zero attached hydrogens (tertiary/aromatic N) is 2. The van der Waals surface area contributed by atoms with E-state index in [2.05, 4.69) is 5.32 Å². The summed E-state index contributed by atoms with van der Waals surface area (Å²) in [5.74, 6) is -0.164. The third-order valence-corrected chi connectivity index (χ3v) is 6.07. The van der Waals surface area contributed by atoms with Crippen LogP contribution in [0.5, 0.6) is 0 Å². The van der Waals surface area contributed by atoms with Gasteiger partial charge in [0.1, 0.15) is 0 Å². The van der Waals surface area contributed by atoms with Gasteiger partial charge in [-0.15, -0.1) is 0 Å². The van der Waals surface area contributed by atoms with Gasteiger partial charge in [0, 0.05) is 43.0 Å². The highest BCUT2D eigenvalue weighted by atomic mass is 16.2. The molecule has 4 rings (SSSR count). The molecule has 2 aromatic rings. The van der Waals surface area contributed by atoms with E-state index in [1.54, 1.807) is 9.80 Å². The number of carbonyl (C=O) groups excluding carboxylic acids is 3. The largest absolute Gasteiger partial charge is 0.338 e. The van der Waals surface area contributed by atoms with Gasteiger partial charge >= 0.3 is 0 Å². The quantitative estimate of drug-likeness (QED) is 0.817. The first-order valence-corrected chi connectivity index (χ1v) is 11.0. The Morgan fingerprint density at radius 3 is 2.32 bits per heavy atom. The van der Waals surface area contributed by atoms with Crippen LogP contribution in [0.25, 0.3) is 0 Å². The molecule has 2 aliphatic heterocycles. The minimum Gasteiger partial charge on any atom is -0.338 e. The minimum atomic E-state index is -0.233. The molecule has 6 nitrogen and oxygen atoms in total. The fourth-order valence-electron chi connectivity index (χ4n) is 4.55. The average molecular weight is 420 g/mol. The van der Waals surface area contributed by atoms with Crippen molar-refractivity contribution < 1.29 is 14.4 Å². The van der Waals surface area contributed by atoms with Crippen molar-refractivity contribution in [3.05, 3.63) is 59.2 Å². The Hall–Kier alpha value is -3.15. The molecule has 0 spiro atoms. The molecule has 1 N–H and O–H groups in total. The number of benzene rings is 2. The molecule has 0 aromatic heterocycles. The van der Waals surface area contributed by atoms with Gasteiger partial charge in [0.15, 0.2) is 0 Å². The summed E-state index contributed by atoms with van der Waals surface area (Å²) in [5, 5.41) is 2.98. The predicted octanol–water partition coefficient (Wildman–Crippen LogP) is 3.92. The molecule has 2 fully saturated rings. The van der Waals surface area contributed by atoms with Gasteiger partial charge in [0.05, 0.1) is 5.92 Å². The Morgan fingerprint density at radius 1 is 0.968 bits per heavy atom. The van der Waals surface area contributed by atoms with Crippen LogP contribution in [0.2, 0.25) is 0 Å². The van der Waals surface area contributed by atoms with E-state index in [0.29, 0.717) is 30.8 Å². The number of rotatable bonds is 4. The zero-order chi connectivity index (χ0) is 22.0. The highest BCUT2D eigenvalue weighted by Gasteiger charge is 2.29. The van der Waals surface area contributed by atoms with E-state index in [1.165, 1.54) is 0 Å². The second kappa shape index (κ2) is 8.92. The standard InChI is InChI=1S/C25H29N3O3/c1-17-13-18(2)15-20(14-17)25(31)27-11-3-5-19(16-27)24(30)26-21-7-9-22(10-8-21)28-12-4-6-23(28)29/h7-10,13-15,19H,3-6,11-12,16H2,1-2H3,(H,26,30). The molecule has 0 bridgehead atoms. The Balaban J connectivity index is 1.38. The van der Waals surface area contributed by atoms with Gasteiger partial charge in [-0.1, -0.05) is 17.2 Å². The molecule has 2 saturated heterocycles. The van der Waals surface area contributed by atoms with Crippen molar-refractivity contribution in [2.24, 2.45) is 5.92 Å². The molecule has 2 aromatic carbocycles. The number of aryl methyl sites for hydroxylation is 2. The lowest BCUT2D eigenvalue weighted by molar-refractivity contribution is -0.121. The predicted molar refractivity (Wildman–Crippen MR) is 121 cm³/mol. The fourth-order valence-corrected chi connectivity index (χ4v) is 4.55. The first kappa shape index (κ1) is 21.1. The second-order valence-corrected chi connectivity index (χ2v) is 8.65. The molecule has 1 atom stereocenters. The number of likely N-dealkylation sites (tertiary alicyclic amines) is 1. The van der Waals surface area contributed by atoms with Crippen molar-refractivity contribution in [3.63, 3.8) is 0 Å². The van der Waals surface area contributed by atoms with E-state index >= 15 is 0 Å². The van der Waals surface area contributed by atoms with Crippen molar-refractivity contribution in [2.75, 3.05) is 29.9 Å². The van der Waals surface area contributed by atoms with Crippen LogP contribution in [0.4, 0.5) is 11.4 Å². The summed E-state index contributed by atoms with van der Waals surface area (Å²) in [5.41, 5.74) is 4.38. The highest BCUT2D eigenvalue weighted by molar-refractivity contribution is 5.97. The van der Waals surface area contributed by atoms with Crippen LogP contribution in [0, 0.1) is 19.8 Å². The van der Waals surface area contributed by atoms with Crippen LogP contribution >= 0.6 is 0 Å². The number of hydrogen-bond acceptors (Lipinski definition) is 3. The fraction of sp³-hybridized carbons (Fsp3) is 0.400. The van der Waals surface area contributed by atoms with Crippen molar-refractivity contribution in [3.8, 4) is 0 Å². The maximum Gasteiger partial charge on any atom is 0.253 e. The number of amides is 3. The number of nitrogens with one attached hydrogen (secondary N) is 1. The van der Waals surface area contributed by atoms with Crippen LogP contribution in [-0.4, -0.2) is 42.3 Å². The highest BCUT2D eigenvalue weighted by Crippen LogP contribution is 2.25. The van der Waals surface area contributed by atoms with E-state index in [4.69, 9.17) is 0 Å². The minimum absolute atomic E-state index is 0.0102. The third kappa shape index (κ3) is 4.79. The molecule has 0 aliphatic carbocycles. The van der Waals surface area contributed by atoms with Gasteiger partial charge in [0.2, 0.25) is 11.8 Å². The molecular weight excluding hydrogens is 390 g/mol. The van der Waals surface area contributed by atoms with Gasteiger partial charge in [-0.25, -0.2) is 0 Å². The first-order valence-electron chi connectivity index (χ1n) is 11.0. The Morgan fingerprint density at radius 2 is 1.68 bits per heavy atom. The molecule has 1 unspecified atom stereocenters. The molecule has 0 radical (unpaired) electrons. The maximum atomic E-state index is 13.0. The van der Waals surface area contributed by atoms with E-state index in [1.807, 2.05) is 56.3 Å². The Bertz CT molecular complexity index is 979. The van der Waals surface area contributed by atoms with E-state index in [0.717, 1.165) is 42.6 Å². The van der Waals surface area contributed by atoms with Crippen LogP contribution in [0.15, 0.2) is 42.5 Å². The first-order chi connectivity index (χ1) is 14.9. The summed E-state index contributed by atoms with van der Waals surface area (Å²) in [6.07, 6.45) is 3.06. The average Bonchev–Trinajstić information content (AvgIpc) is 3.19. The molecule has 162 valence electrons. The third-order valence-electron chi connectivity index (χ3n) is 6.07. The summed E-state index contributed by atoms with van der Waals surface area (Å²) >= 11 is 0. The van der Waals surface area contributed by atoms with Crippen molar-refractivity contribution in [1.82, 2.24) is 4.90 Å². The number of anilines is 2. The second-order valence-electron chi connectivity index (χ2n) is 8.65. The smallest absolute Gasteiger partial charge is 0.253 e. The van der Waals surface area contributed by atoms with Crippen LogP contribution in [0.3, 0.4) is 0 Å². The summed E-state index contributed by atoms with van der Waals surface area (Å²) in [6, 6.07) is 13.3.